The first-order chi connectivity index (χ1) is 21.8. The Morgan fingerprint density at radius 1 is 0.958 bits per heavy atom. The van der Waals surface area contributed by atoms with Gasteiger partial charge in [0.2, 0.25) is 17.6 Å². The van der Waals surface area contributed by atoms with Crippen molar-refractivity contribution in [2.24, 2.45) is 5.41 Å². The molecule has 5 rings (SSSR count). The Hall–Kier alpha value is -4.07. The molecule has 0 unspecified atom stereocenters. The number of hydrogen-bond acceptors (Lipinski definition) is 7. The van der Waals surface area contributed by atoms with E-state index >= 15 is 0 Å². The van der Waals surface area contributed by atoms with Crippen molar-refractivity contribution in [2.75, 3.05) is 43.1 Å². The van der Waals surface area contributed by atoms with E-state index in [0.29, 0.717) is 56.3 Å². The number of benzene rings is 1. The maximum absolute atomic E-state index is 13.1. The number of rotatable bonds is 11. The summed E-state index contributed by atoms with van der Waals surface area (Å²) in [6, 6.07) is 11.2. The molecule has 0 radical (unpaired) electrons. The van der Waals surface area contributed by atoms with Crippen molar-refractivity contribution >= 4 is 59.0 Å². The summed E-state index contributed by atoms with van der Waals surface area (Å²) in [4.78, 5) is 48.5. The molecule has 0 saturated heterocycles. The molecule has 260 valence electrons. The third-order valence-corrected chi connectivity index (χ3v) is 8.17. The molecule has 15 heteroatoms. The molecule has 0 N–H and O–H groups in total. The van der Waals surface area contributed by atoms with Crippen molar-refractivity contribution in [2.45, 2.75) is 46.5 Å². The van der Waals surface area contributed by atoms with Crippen molar-refractivity contribution in [1.82, 2.24) is 14.5 Å². The lowest BCUT2D eigenvalue weighted by molar-refractivity contribution is -0.152. The van der Waals surface area contributed by atoms with Gasteiger partial charge in [-0.25, -0.2) is 0 Å². The smallest absolute Gasteiger partial charge is 0.449 e. The first kappa shape index (κ1) is 38.4. The monoisotopic (exact) mass is 711 g/mol. The average Bonchev–Trinajstić information content (AvgIpc) is 3.47. The molecule has 0 spiro atoms. The summed E-state index contributed by atoms with van der Waals surface area (Å²) in [5.74, 6) is -1.21. The SMILES string of the molecule is CCN1C(=O)C(C)(C)C(=O)N(C)c2cc(OCCCN(CCn3ccc4oc(C(F)(F)F)cc4c3=O)Cc3ccncc3)ccc21.Cl.Cl. The second-order valence-electron chi connectivity index (χ2n) is 11.7. The highest BCUT2D eigenvalue weighted by atomic mass is 35.5. The van der Waals surface area contributed by atoms with Crippen LogP contribution >= 0.6 is 24.8 Å². The van der Waals surface area contributed by atoms with Crippen LogP contribution in [-0.4, -0.2) is 59.6 Å². The topological polar surface area (TPSA) is 101 Å². The van der Waals surface area contributed by atoms with Gasteiger partial charge >= 0.3 is 6.18 Å². The number of ether oxygens (including phenoxy) is 1. The van der Waals surface area contributed by atoms with Gasteiger partial charge in [0, 0.05) is 70.5 Å². The predicted octanol–water partition coefficient (Wildman–Crippen LogP) is 6.18. The standard InChI is InChI=1S/C33H36F3N5O5.2ClH/c1-5-41-25-8-7-23(19-26(25)38(4)30(43)32(2,3)31(41)44)45-18-6-14-39(21-22-9-12-37-13-10-22)16-17-40-15-11-27-24(29(40)42)20-28(46-27)33(34,35)36;;/h7-13,15,19-20H,5-6,14,16-18,21H2,1-4H3;2*1H. The van der Waals surface area contributed by atoms with Crippen LogP contribution in [0, 0.1) is 5.41 Å². The summed E-state index contributed by atoms with van der Waals surface area (Å²) >= 11 is 0. The fraction of sp³-hybridized carbons (Fsp3) is 0.394. The first-order valence-corrected chi connectivity index (χ1v) is 15.0. The number of carbonyl (C=O) groups excluding carboxylic acids is 2. The van der Waals surface area contributed by atoms with E-state index in [1.165, 1.54) is 21.7 Å². The Morgan fingerprint density at radius 2 is 1.67 bits per heavy atom. The quantitative estimate of drug-likeness (QED) is 0.135. The highest BCUT2D eigenvalue weighted by molar-refractivity contribution is 6.20. The maximum atomic E-state index is 13.1. The van der Waals surface area contributed by atoms with E-state index in [0.717, 1.165) is 11.6 Å². The van der Waals surface area contributed by atoms with Crippen LogP contribution in [0.5, 0.6) is 5.75 Å². The van der Waals surface area contributed by atoms with Gasteiger partial charge in [-0.2, -0.15) is 13.2 Å². The van der Waals surface area contributed by atoms with E-state index in [9.17, 15) is 27.6 Å². The number of fused-ring (bicyclic) bond motifs is 2. The largest absolute Gasteiger partial charge is 0.493 e. The molecule has 0 saturated carbocycles. The molecule has 4 heterocycles. The minimum Gasteiger partial charge on any atom is -0.493 e. The number of nitrogens with zero attached hydrogens (tertiary/aromatic N) is 5. The molecule has 2 amide bonds. The van der Waals surface area contributed by atoms with Crippen molar-refractivity contribution in [3.8, 4) is 5.75 Å². The number of anilines is 2. The lowest BCUT2D eigenvalue weighted by Crippen LogP contribution is -2.47. The van der Waals surface area contributed by atoms with Gasteiger partial charge in [0.15, 0.2) is 0 Å². The zero-order valence-electron chi connectivity index (χ0n) is 27.0. The molecule has 0 bridgehead atoms. The van der Waals surface area contributed by atoms with Gasteiger partial charge in [-0.1, -0.05) is 0 Å². The number of aromatic nitrogens is 2. The maximum Gasteiger partial charge on any atom is 0.449 e. The number of hydrogen-bond donors (Lipinski definition) is 0. The number of amides is 2. The first-order valence-electron chi connectivity index (χ1n) is 15.0. The third kappa shape index (κ3) is 7.96. The summed E-state index contributed by atoms with van der Waals surface area (Å²) in [5.41, 5.74) is 0.380. The van der Waals surface area contributed by atoms with Gasteiger partial charge in [0.1, 0.15) is 16.7 Å². The van der Waals surface area contributed by atoms with Crippen LogP contribution in [0.1, 0.15) is 38.5 Å². The van der Waals surface area contributed by atoms with Gasteiger partial charge in [-0.15, -0.1) is 24.8 Å². The summed E-state index contributed by atoms with van der Waals surface area (Å²) in [7, 11) is 1.65. The molecule has 1 aromatic carbocycles. The van der Waals surface area contributed by atoms with Crippen LogP contribution in [0.15, 0.2) is 70.3 Å². The normalized spacial score (nSPS) is 14.4. The molecule has 4 aromatic rings. The molecule has 0 atom stereocenters. The van der Waals surface area contributed by atoms with Crippen LogP contribution in [-0.2, 0) is 28.9 Å². The molecule has 0 fully saturated rings. The van der Waals surface area contributed by atoms with E-state index in [4.69, 9.17) is 9.15 Å². The van der Waals surface area contributed by atoms with Gasteiger partial charge < -0.3 is 23.5 Å². The molecular formula is C33H38Cl2F3N5O5. The van der Waals surface area contributed by atoms with Gasteiger partial charge in [0.05, 0.1) is 23.4 Å². The van der Waals surface area contributed by atoms with Crippen molar-refractivity contribution in [3.63, 3.8) is 0 Å². The zero-order valence-corrected chi connectivity index (χ0v) is 28.6. The molecule has 0 aliphatic carbocycles. The summed E-state index contributed by atoms with van der Waals surface area (Å²) < 4.78 is 51.6. The van der Waals surface area contributed by atoms with E-state index in [2.05, 4.69) is 9.88 Å². The van der Waals surface area contributed by atoms with Crippen LogP contribution in [0.2, 0.25) is 0 Å². The van der Waals surface area contributed by atoms with Gasteiger partial charge in [-0.05, 0) is 63.1 Å². The van der Waals surface area contributed by atoms with Crippen molar-refractivity contribution < 1.29 is 31.9 Å². The highest BCUT2D eigenvalue weighted by Gasteiger charge is 2.45. The Balaban J connectivity index is 0.00000312. The van der Waals surface area contributed by atoms with Crippen molar-refractivity contribution in [1.29, 1.82) is 0 Å². The van der Waals surface area contributed by atoms with Gasteiger partial charge in [0.25, 0.3) is 5.56 Å². The van der Waals surface area contributed by atoms with E-state index < -0.39 is 22.9 Å². The average molecular weight is 713 g/mol. The number of alkyl halides is 3. The lowest BCUT2D eigenvalue weighted by Gasteiger charge is -2.27. The number of carbonyl (C=O) groups is 2. The van der Waals surface area contributed by atoms with Crippen LogP contribution in [0.4, 0.5) is 24.5 Å². The molecule has 3 aromatic heterocycles. The second-order valence-corrected chi connectivity index (χ2v) is 11.7. The summed E-state index contributed by atoms with van der Waals surface area (Å²) in [5, 5.41) is -0.119. The van der Waals surface area contributed by atoms with E-state index in [1.807, 2.05) is 19.1 Å². The molecule has 10 nitrogen and oxygen atoms in total. The number of pyridine rings is 2. The third-order valence-electron chi connectivity index (χ3n) is 8.17. The van der Waals surface area contributed by atoms with Crippen LogP contribution in [0.25, 0.3) is 11.0 Å². The van der Waals surface area contributed by atoms with Gasteiger partial charge in [-0.3, -0.25) is 24.3 Å². The second kappa shape index (κ2) is 15.4. The fourth-order valence-corrected chi connectivity index (χ4v) is 5.61. The Bertz CT molecular complexity index is 1800. The highest BCUT2D eigenvalue weighted by Crippen LogP contribution is 2.40. The summed E-state index contributed by atoms with van der Waals surface area (Å²) in [6.07, 6.45) is 0.767. The molecular weight excluding hydrogens is 674 g/mol. The molecule has 1 aliphatic heterocycles. The Morgan fingerprint density at radius 3 is 2.33 bits per heavy atom. The predicted molar refractivity (Wildman–Crippen MR) is 181 cm³/mol. The Kier molecular flexibility index (Phi) is 12.3. The molecule has 1 aliphatic rings. The minimum atomic E-state index is -4.68. The number of halogens is 5. The summed E-state index contributed by atoms with van der Waals surface area (Å²) in [6.45, 7) is 7.76. The van der Waals surface area contributed by atoms with Crippen LogP contribution in [0.3, 0.4) is 0 Å². The zero-order chi connectivity index (χ0) is 33.2. The van der Waals surface area contributed by atoms with Crippen LogP contribution < -0.4 is 20.1 Å². The minimum absolute atomic E-state index is 0. The van der Waals surface area contributed by atoms with Crippen molar-refractivity contribution in [3.05, 3.63) is 82.7 Å². The molecule has 48 heavy (non-hydrogen) atoms. The van der Waals surface area contributed by atoms with E-state index in [-0.39, 0.29) is 54.1 Å². The Labute approximate surface area is 288 Å². The van der Waals surface area contributed by atoms with E-state index in [1.54, 1.807) is 56.4 Å². The lowest BCUT2D eigenvalue weighted by atomic mass is 9.90. The number of furan rings is 1. The fourth-order valence-electron chi connectivity index (χ4n) is 5.61.